The summed E-state index contributed by atoms with van der Waals surface area (Å²) in [7, 11) is 0. The van der Waals surface area contributed by atoms with Crippen LogP contribution in [-0.2, 0) is 6.54 Å². The second-order valence-corrected chi connectivity index (χ2v) is 4.15. The summed E-state index contributed by atoms with van der Waals surface area (Å²) in [6, 6.07) is 8.50. The molecule has 0 saturated carbocycles. The van der Waals surface area contributed by atoms with Crippen LogP contribution in [0.3, 0.4) is 0 Å². The summed E-state index contributed by atoms with van der Waals surface area (Å²) in [5, 5.41) is 2.51. The molecular formula is C13H14N2O2. The molecule has 0 amide bonds. The Morgan fingerprint density at radius 2 is 1.82 bits per heavy atom. The molecule has 0 radical (unpaired) electrons. The highest BCUT2D eigenvalue weighted by Crippen LogP contribution is 2.09. The molecule has 1 heterocycles. The molecule has 0 saturated heterocycles. The summed E-state index contributed by atoms with van der Waals surface area (Å²) in [6.07, 6.45) is 0. The molecule has 0 aliphatic carbocycles. The summed E-state index contributed by atoms with van der Waals surface area (Å²) in [5.74, 6) is 0. The Morgan fingerprint density at radius 3 is 2.53 bits per heavy atom. The summed E-state index contributed by atoms with van der Waals surface area (Å²) >= 11 is 0. The maximum atomic E-state index is 11.5. The Kier molecular flexibility index (Phi) is 2.95. The second kappa shape index (κ2) is 4.41. The minimum Gasteiger partial charge on any atom is -0.268 e. The lowest BCUT2D eigenvalue weighted by Crippen LogP contribution is -2.28. The van der Waals surface area contributed by atoms with Crippen LogP contribution in [0.4, 0.5) is 0 Å². The van der Waals surface area contributed by atoms with Crippen molar-refractivity contribution in [2.24, 2.45) is 0 Å². The molecule has 88 valence electrons. The first-order chi connectivity index (χ1) is 8.06. The van der Waals surface area contributed by atoms with Gasteiger partial charge in [0.15, 0.2) is 0 Å². The largest absolute Gasteiger partial charge is 0.268 e. The molecule has 4 heteroatoms. The molecule has 0 aliphatic rings. The van der Waals surface area contributed by atoms with Crippen molar-refractivity contribution < 1.29 is 0 Å². The van der Waals surface area contributed by atoms with Gasteiger partial charge in [-0.1, -0.05) is 18.2 Å². The maximum absolute atomic E-state index is 11.5. The lowest BCUT2D eigenvalue weighted by atomic mass is 10.1. The summed E-state index contributed by atoms with van der Waals surface area (Å²) in [4.78, 5) is 22.7. The highest BCUT2D eigenvalue weighted by Gasteiger charge is 2.00. The topological polar surface area (TPSA) is 54.9 Å². The van der Waals surface area contributed by atoms with Gasteiger partial charge in [0.2, 0.25) is 0 Å². The predicted octanol–water partition coefficient (Wildman–Crippen LogP) is 1.20. The number of aromatic amines is 1. The zero-order chi connectivity index (χ0) is 12.4. The van der Waals surface area contributed by atoms with E-state index in [2.05, 4.69) is 5.10 Å². The van der Waals surface area contributed by atoms with Crippen molar-refractivity contribution in [3.05, 3.63) is 67.7 Å². The van der Waals surface area contributed by atoms with E-state index >= 15 is 0 Å². The van der Waals surface area contributed by atoms with Gasteiger partial charge in [-0.15, -0.1) is 0 Å². The SMILES string of the molecule is Cc1ccc(Cn2[nH]c(=O)ccc2=O)cc1C. The van der Waals surface area contributed by atoms with Gasteiger partial charge in [-0.25, -0.2) is 4.68 Å². The molecule has 0 aliphatic heterocycles. The van der Waals surface area contributed by atoms with Crippen molar-refractivity contribution in [3.63, 3.8) is 0 Å². The van der Waals surface area contributed by atoms with E-state index in [-0.39, 0.29) is 11.1 Å². The van der Waals surface area contributed by atoms with E-state index in [0.717, 1.165) is 5.56 Å². The van der Waals surface area contributed by atoms with Crippen LogP contribution >= 0.6 is 0 Å². The van der Waals surface area contributed by atoms with Crippen molar-refractivity contribution in [3.8, 4) is 0 Å². The van der Waals surface area contributed by atoms with Crippen LogP contribution in [0.2, 0.25) is 0 Å². The fourth-order valence-electron chi connectivity index (χ4n) is 1.66. The van der Waals surface area contributed by atoms with E-state index < -0.39 is 0 Å². The first-order valence-electron chi connectivity index (χ1n) is 5.42. The van der Waals surface area contributed by atoms with Crippen LogP contribution in [-0.4, -0.2) is 9.78 Å². The Hall–Kier alpha value is -2.10. The third-order valence-corrected chi connectivity index (χ3v) is 2.80. The first-order valence-corrected chi connectivity index (χ1v) is 5.42. The molecule has 0 unspecified atom stereocenters. The summed E-state index contributed by atoms with van der Waals surface area (Å²) in [6.45, 7) is 4.45. The van der Waals surface area contributed by atoms with Gasteiger partial charge in [0, 0.05) is 12.1 Å². The molecule has 0 spiro atoms. The van der Waals surface area contributed by atoms with Crippen LogP contribution < -0.4 is 11.1 Å². The van der Waals surface area contributed by atoms with Crippen molar-refractivity contribution in [2.75, 3.05) is 0 Å². The van der Waals surface area contributed by atoms with Gasteiger partial charge < -0.3 is 0 Å². The summed E-state index contributed by atoms with van der Waals surface area (Å²) in [5.41, 5.74) is 2.91. The van der Waals surface area contributed by atoms with Crippen molar-refractivity contribution in [2.45, 2.75) is 20.4 Å². The van der Waals surface area contributed by atoms with Crippen molar-refractivity contribution in [1.29, 1.82) is 0 Å². The standard InChI is InChI=1S/C13H14N2O2/c1-9-3-4-11(7-10(9)2)8-15-13(17)6-5-12(16)14-15/h3-7H,8H2,1-2H3,(H,14,16). The molecule has 2 aromatic rings. The minimum absolute atomic E-state index is 0.206. The van der Waals surface area contributed by atoms with Crippen molar-refractivity contribution in [1.82, 2.24) is 9.78 Å². The molecule has 1 aromatic heterocycles. The van der Waals surface area contributed by atoms with E-state index in [0.29, 0.717) is 6.54 Å². The lowest BCUT2D eigenvalue weighted by molar-refractivity contribution is 0.627. The fourth-order valence-corrected chi connectivity index (χ4v) is 1.66. The number of benzene rings is 1. The summed E-state index contributed by atoms with van der Waals surface area (Å²) < 4.78 is 1.31. The predicted molar refractivity (Wildman–Crippen MR) is 66.3 cm³/mol. The number of hydrogen-bond acceptors (Lipinski definition) is 2. The van der Waals surface area contributed by atoms with Gasteiger partial charge in [0.1, 0.15) is 0 Å². The molecule has 0 fully saturated rings. The minimum atomic E-state index is -0.270. The van der Waals surface area contributed by atoms with E-state index in [1.807, 2.05) is 32.0 Å². The van der Waals surface area contributed by atoms with Gasteiger partial charge >= 0.3 is 0 Å². The molecule has 0 bridgehead atoms. The Labute approximate surface area is 98.5 Å². The molecule has 4 nitrogen and oxygen atoms in total. The van der Waals surface area contributed by atoms with Crippen LogP contribution in [0.5, 0.6) is 0 Å². The number of aromatic nitrogens is 2. The van der Waals surface area contributed by atoms with Crippen LogP contribution in [0.1, 0.15) is 16.7 Å². The molecule has 1 aromatic carbocycles. The molecule has 17 heavy (non-hydrogen) atoms. The van der Waals surface area contributed by atoms with Crippen LogP contribution in [0.15, 0.2) is 39.9 Å². The molecule has 1 N–H and O–H groups in total. The maximum Gasteiger partial charge on any atom is 0.265 e. The quantitative estimate of drug-likeness (QED) is 0.842. The molecule has 0 atom stereocenters. The average molecular weight is 230 g/mol. The average Bonchev–Trinajstić information content (AvgIpc) is 2.29. The number of hydrogen-bond donors (Lipinski definition) is 1. The van der Waals surface area contributed by atoms with E-state index in [1.165, 1.54) is 27.9 Å². The van der Waals surface area contributed by atoms with Gasteiger partial charge in [-0.2, -0.15) is 0 Å². The van der Waals surface area contributed by atoms with Crippen LogP contribution in [0, 0.1) is 13.8 Å². The zero-order valence-corrected chi connectivity index (χ0v) is 9.86. The number of aryl methyl sites for hydroxylation is 2. The number of rotatable bonds is 2. The number of H-pyrrole nitrogens is 1. The second-order valence-electron chi connectivity index (χ2n) is 4.15. The fraction of sp³-hybridized carbons (Fsp3) is 0.231. The Balaban J connectivity index is 2.38. The van der Waals surface area contributed by atoms with Crippen molar-refractivity contribution >= 4 is 0 Å². The van der Waals surface area contributed by atoms with Gasteiger partial charge in [0.25, 0.3) is 11.1 Å². The van der Waals surface area contributed by atoms with Gasteiger partial charge in [-0.3, -0.25) is 14.7 Å². The zero-order valence-electron chi connectivity index (χ0n) is 9.86. The number of nitrogens with zero attached hydrogens (tertiary/aromatic N) is 1. The Morgan fingerprint density at radius 1 is 1.06 bits per heavy atom. The van der Waals surface area contributed by atoms with E-state index in [4.69, 9.17) is 0 Å². The van der Waals surface area contributed by atoms with Gasteiger partial charge in [0.05, 0.1) is 6.54 Å². The van der Waals surface area contributed by atoms with Gasteiger partial charge in [-0.05, 0) is 30.5 Å². The third-order valence-electron chi connectivity index (χ3n) is 2.80. The number of nitrogens with one attached hydrogen (secondary N) is 1. The van der Waals surface area contributed by atoms with E-state index in [1.54, 1.807) is 0 Å². The highest BCUT2D eigenvalue weighted by molar-refractivity contribution is 5.29. The van der Waals surface area contributed by atoms with E-state index in [9.17, 15) is 9.59 Å². The normalized spacial score (nSPS) is 10.5. The molecular weight excluding hydrogens is 216 g/mol. The smallest absolute Gasteiger partial charge is 0.265 e. The lowest BCUT2D eigenvalue weighted by Gasteiger charge is -2.07. The highest BCUT2D eigenvalue weighted by atomic mass is 16.1. The van der Waals surface area contributed by atoms with Crippen LogP contribution in [0.25, 0.3) is 0 Å². The first kappa shape index (κ1) is 11.4. The Bertz CT molecular complexity index is 653. The molecule has 2 rings (SSSR count). The third kappa shape index (κ3) is 2.53. The monoisotopic (exact) mass is 230 g/mol.